The number of nitrogens with one attached hydrogen (secondary N) is 1. The number of piperidine rings is 1. The second kappa shape index (κ2) is 6.12. The van der Waals surface area contributed by atoms with E-state index in [0.717, 1.165) is 37.9 Å². The summed E-state index contributed by atoms with van der Waals surface area (Å²) in [6.45, 7) is 1.59. The lowest BCUT2D eigenvalue weighted by Gasteiger charge is -2.32. The fraction of sp³-hybridized carbons (Fsp3) is 0.263. The number of rotatable bonds is 2. The Bertz CT molecular complexity index is 938. The molecule has 4 rings (SSSR count). The maximum Gasteiger partial charge on any atom is 0.263 e. The average Bonchev–Trinajstić information content (AvgIpc) is 2.65. The van der Waals surface area contributed by atoms with Gasteiger partial charge in [-0.1, -0.05) is 30.3 Å². The number of hydrogen-bond donors (Lipinski definition) is 1. The van der Waals surface area contributed by atoms with Gasteiger partial charge >= 0.3 is 0 Å². The van der Waals surface area contributed by atoms with Gasteiger partial charge in [0.2, 0.25) is 11.6 Å². The summed E-state index contributed by atoms with van der Waals surface area (Å²) >= 11 is 0. The molecule has 0 amide bonds. The van der Waals surface area contributed by atoms with Crippen LogP contribution in [0.3, 0.4) is 0 Å². The molecule has 2 heterocycles. The number of aromatic nitrogens is 2. The molecule has 0 atom stereocenters. The molecule has 0 bridgehead atoms. The first-order valence-electron chi connectivity index (χ1n) is 8.40. The number of allylic oxidation sites excluding steroid dienone is 1. The molecule has 25 heavy (non-hydrogen) atoms. The highest BCUT2D eigenvalue weighted by molar-refractivity contribution is 6.50. The van der Waals surface area contributed by atoms with Crippen molar-refractivity contribution in [3.63, 3.8) is 0 Å². The summed E-state index contributed by atoms with van der Waals surface area (Å²) in [6, 6.07) is 9.26. The maximum atomic E-state index is 12.5. The van der Waals surface area contributed by atoms with E-state index in [0.29, 0.717) is 17.2 Å². The zero-order valence-electron chi connectivity index (χ0n) is 13.6. The van der Waals surface area contributed by atoms with Gasteiger partial charge in [-0.3, -0.25) is 14.4 Å². The van der Waals surface area contributed by atoms with Gasteiger partial charge in [-0.2, -0.15) is 0 Å². The molecule has 6 heteroatoms. The Morgan fingerprint density at radius 3 is 2.40 bits per heavy atom. The third kappa shape index (κ3) is 2.69. The third-order valence-corrected chi connectivity index (χ3v) is 4.62. The molecule has 1 aromatic carbocycles. The van der Waals surface area contributed by atoms with Crippen LogP contribution >= 0.6 is 0 Å². The van der Waals surface area contributed by atoms with Crippen LogP contribution in [0.25, 0.3) is 17.1 Å². The van der Waals surface area contributed by atoms with Gasteiger partial charge in [0.15, 0.2) is 0 Å². The van der Waals surface area contributed by atoms with E-state index in [9.17, 15) is 14.4 Å². The highest BCUT2D eigenvalue weighted by Gasteiger charge is 2.33. The number of fused-ring (bicyclic) bond motifs is 1. The molecule has 1 aromatic heterocycles. The van der Waals surface area contributed by atoms with Crippen LogP contribution in [-0.4, -0.2) is 39.5 Å². The molecule has 2 aromatic rings. The Morgan fingerprint density at radius 2 is 1.68 bits per heavy atom. The van der Waals surface area contributed by atoms with Crippen molar-refractivity contribution in [1.82, 2.24) is 14.9 Å². The molecule has 0 spiro atoms. The molecule has 2 aliphatic rings. The summed E-state index contributed by atoms with van der Waals surface area (Å²) in [6.07, 6.45) is 4.51. The summed E-state index contributed by atoms with van der Waals surface area (Å²) in [5.74, 6) is -1.05. The van der Waals surface area contributed by atoms with Crippen molar-refractivity contribution in [3.05, 3.63) is 58.0 Å². The van der Waals surface area contributed by atoms with E-state index in [-0.39, 0.29) is 5.56 Å². The smallest absolute Gasteiger partial charge is 0.263 e. The lowest BCUT2D eigenvalue weighted by atomic mass is 9.96. The van der Waals surface area contributed by atoms with Gasteiger partial charge in [-0.15, -0.1) is 0 Å². The van der Waals surface area contributed by atoms with Crippen molar-refractivity contribution in [2.75, 3.05) is 13.1 Å². The lowest BCUT2D eigenvalue weighted by molar-refractivity contribution is -0.111. The largest absolute Gasteiger partial charge is 0.370 e. The van der Waals surface area contributed by atoms with Crippen molar-refractivity contribution in [1.29, 1.82) is 0 Å². The van der Waals surface area contributed by atoms with Crippen molar-refractivity contribution >= 4 is 17.3 Å². The first kappa shape index (κ1) is 15.5. The van der Waals surface area contributed by atoms with Crippen molar-refractivity contribution < 1.29 is 9.59 Å². The Labute approximate surface area is 144 Å². The van der Waals surface area contributed by atoms with E-state index in [1.165, 1.54) is 6.08 Å². The van der Waals surface area contributed by atoms with Gasteiger partial charge in [-0.25, -0.2) is 4.98 Å². The second-order valence-corrected chi connectivity index (χ2v) is 6.27. The summed E-state index contributed by atoms with van der Waals surface area (Å²) in [7, 11) is 0. The van der Waals surface area contributed by atoms with Gasteiger partial charge in [0.25, 0.3) is 5.56 Å². The Hall–Kier alpha value is -3.02. The standard InChI is InChI=1S/C19H17N3O3/c23-14-11-13(22-9-5-2-6-10-22)16-15(17(14)24)19(25)21-18(20-16)12-7-3-1-4-8-12/h1,3-4,7-8,11H,2,5-6,9-10H2,(H,20,21,25). The van der Waals surface area contributed by atoms with Crippen LogP contribution in [0.4, 0.5) is 0 Å². The predicted octanol–water partition coefficient (Wildman–Crippen LogP) is 2.03. The van der Waals surface area contributed by atoms with Gasteiger partial charge < -0.3 is 9.88 Å². The van der Waals surface area contributed by atoms with Crippen molar-refractivity contribution in [3.8, 4) is 11.4 Å². The molecular formula is C19H17N3O3. The number of likely N-dealkylation sites (tertiary alicyclic amines) is 1. The molecule has 0 unspecified atom stereocenters. The minimum absolute atomic E-state index is 0.146. The predicted molar refractivity (Wildman–Crippen MR) is 93.0 cm³/mol. The van der Waals surface area contributed by atoms with Gasteiger partial charge in [0.05, 0.1) is 5.70 Å². The van der Waals surface area contributed by atoms with E-state index in [1.807, 2.05) is 35.2 Å². The van der Waals surface area contributed by atoms with E-state index in [4.69, 9.17) is 0 Å². The number of Topliss-reactive ketones (excluding diaryl/α,β-unsaturated/α-hetero) is 1. The fourth-order valence-corrected chi connectivity index (χ4v) is 3.36. The molecule has 6 nitrogen and oxygen atoms in total. The topological polar surface area (TPSA) is 83.1 Å². The molecule has 1 fully saturated rings. The quantitative estimate of drug-likeness (QED) is 0.849. The van der Waals surface area contributed by atoms with E-state index < -0.39 is 17.1 Å². The fourth-order valence-electron chi connectivity index (χ4n) is 3.36. The zero-order valence-corrected chi connectivity index (χ0v) is 13.6. The maximum absolute atomic E-state index is 12.5. The minimum atomic E-state index is -0.788. The Balaban J connectivity index is 1.89. The third-order valence-electron chi connectivity index (χ3n) is 4.62. The number of carbonyl (C=O) groups excluding carboxylic acids is 2. The van der Waals surface area contributed by atoms with Crippen LogP contribution in [-0.2, 0) is 4.79 Å². The lowest BCUT2D eigenvalue weighted by Crippen LogP contribution is -2.36. The van der Waals surface area contributed by atoms with Crippen molar-refractivity contribution in [2.24, 2.45) is 0 Å². The molecule has 126 valence electrons. The second-order valence-electron chi connectivity index (χ2n) is 6.27. The molecule has 1 saturated heterocycles. The zero-order chi connectivity index (χ0) is 17.4. The number of hydrogen-bond acceptors (Lipinski definition) is 5. The Kier molecular flexibility index (Phi) is 3.80. The van der Waals surface area contributed by atoms with Crippen LogP contribution in [0.15, 0.2) is 41.2 Å². The van der Waals surface area contributed by atoms with E-state index in [2.05, 4.69) is 9.97 Å². The summed E-state index contributed by atoms with van der Waals surface area (Å²) < 4.78 is 0. The van der Waals surface area contributed by atoms with Crippen LogP contribution in [0.5, 0.6) is 0 Å². The van der Waals surface area contributed by atoms with E-state index in [1.54, 1.807) is 0 Å². The number of aromatic amines is 1. The molecular weight excluding hydrogens is 318 g/mol. The van der Waals surface area contributed by atoms with Crippen LogP contribution < -0.4 is 5.56 Å². The number of ketones is 2. The highest BCUT2D eigenvalue weighted by Crippen LogP contribution is 2.28. The molecule has 1 aliphatic heterocycles. The number of carbonyl (C=O) groups is 2. The molecule has 0 radical (unpaired) electrons. The summed E-state index contributed by atoms with van der Waals surface area (Å²) in [4.78, 5) is 46.1. The van der Waals surface area contributed by atoms with Crippen LogP contribution in [0, 0.1) is 0 Å². The van der Waals surface area contributed by atoms with Crippen molar-refractivity contribution in [2.45, 2.75) is 19.3 Å². The number of H-pyrrole nitrogens is 1. The summed E-state index contributed by atoms with van der Waals surface area (Å²) in [5.41, 5.74) is 0.944. The summed E-state index contributed by atoms with van der Waals surface area (Å²) in [5, 5.41) is 0. The minimum Gasteiger partial charge on any atom is -0.370 e. The van der Waals surface area contributed by atoms with Crippen LogP contribution in [0.2, 0.25) is 0 Å². The average molecular weight is 335 g/mol. The first-order valence-corrected chi connectivity index (χ1v) is 8.40. The SMILES string of the molecule is O=C1C=C(N2CCCCC2)c2nc(-c3ccccc3)[nH]c(=O)c2C1=O. The molecule has 1 aliphatic carbocycles. The molecule has 1 N–H and O–H groups in total. The Morgan fingerprint density at radius 1 is 0.960 bits per heavy atom. The van der Waals surface area contributed by atoms with E-state index >= 15 is 0 Å². The monoisotopic (exact) mass is 335 g/mol. The van der Waals surface area contributed by atoms with Gasteiger partial charge in [0.1, 0.15) is 17.1 Å². The van der Waals surface area contributed by atoms with Gasteiger partial charge in [-0.05, 0) is 19.3 Å². The number of nitrogens with zero attached hydrogens (tertiary/aromatic N) is 2. The first-order chi connectivity index (χ1) is 12.1. The molecule has 0 saturated carbocycles. The van der Waals surface area contributed by atoms with Crippen LogP contribution in [0.1, 0.15) is 35.3 Å². The highest BCUT2D eigenvalue weighted by atomic mass is 16.2. The number of benzene rings is 1. The van der Waals surface area contributed by atoms with Gasteiger partial charge in [0, 0.05) is 24.7 Å². The normalized spacial score (nSPS) is 17.3.